The molecule has 2 aromatic carbocycles. The minimum absolute atomic E-state index is 0.0452. The molecule has 1 unspecified atom stereocenters. The van der Waals surface area contributed by atoms with Crippen molar-refractivity contribution in [1.82, 2.24) is 9.88 Å². The standard InChI is InChI=1S/C31H29F3N2O3/c1-2-21(37)14-20-18-38-30-15-22(5-6-23(20)30)39-29-10-8-24-25(29)7-9-27(31(32,33)34)26(24)17-36-13-11-28-19(16-36)4-3-12-35-28/h3-7,9,12,14-15,29H,2,8,10-11,13,16-18H2,1H3. The Morgan fingerprint density at radius 2 is 2.08 bits per heavy atom. The summed E-state index contributed by atoms with van der Waals surface area (Å²) in [6, 6.07) is 12.2. The molecule has 0 amide bonds. The maximum Gasteiger partial charge on any atom is 0.416 e. The molecule has 3 aliphatic rings. The van der Waals surface area contributed by atoms with Crippen molar-refractivity contribution in [2.24, 2.45) is 0 Å². The Balaban J connectivity index is 1.26. The number of ether oxygens (including phenoxy) is 2. The van der Waals surface area contributed by atoms with Crippen LogP contribution in [0.5, 0.6) is 11.5 Å². The Morgan fingerprint density at radius 1 is 1.21 bits per heavy atom. The zero-order chi connectivity index (χ0) is 27.1. The first-order valence-electron chi connectivity index (χ1n) is 13.3. The molecule has 0 saturated heterocycles. The number of nitrogens with zero attached hydrogens (tertiary/aromatic N) is 2. The normalized spacial score (nSPS) is 19.4. The lowest BCUT2D eigenvalue weighted by molar-refractivity contribution is -0.138. The van der Waals surface area contributed by atoms with E-state index in [2.05, 4.69) is 9.88 Å². The number of pyridine rings is 1. The van der Waals surface area contributed by atoms with E-state index >= 15 is 0 Å². The number of hydrogen-bond acceptors (Lipinski definition) is 5. The van der Waals surface area contributed by atoms with Crippen LogP contribution in [0.3, 0.4) is 0 Å². The van der Waals surface area contributed by atoms with E-state index < -0.39 is 11.7 Å². The van der Waals surface area contributed by atoms with Crippen LogP contribution in [0.15, 0.2) is 54.7 Å². The molecule has 39 heavy (non-hydrogen) atoms. The molecule has 0 bridgehead atoms. The lowest BCUT2D eigenvalue weighted by atomic mass is 9.95. The number of ketones is 1. The maximum absolute atomic E-state index is 14.1. The van der Waals surface area contributed by atoms with E-state index in [0.717, 1.165) is 39.9 Å². The summed E-state index contributed by atoms with van der Waals surface area (Å²) in [4.78, 5) is 18.3. The van der Waals surface area contributed by atoms with Gasteiger partial charge < -0.3 is 9.47 Å². The van der Waals surface area contributed by atoms with Gasteiger partial charge in [-0.2, -0.15) is 13.2 Å². The van der Waals surface area contributed by atoms with Crippen molar-refractivity contribution in [3.8, 4) is 11.5 Å². The van der Waals surface area contributed by atoms with Gasteiger partial charge in [-0.3, -0.25) is 14.7 Å². The molecule has 202 valence electrons. The van der Waals surface area contributed by atoms with Crippen LogP contribution in [0.2, 0.25) is 0 Å². The molecule has 0 radical (unpaired) electrons. The fourth-order valence-electron chi connectivity index (χ4n) is 5.86. The van der Waals surface area contributed by atoms with Crippen molar-refractivity contribution in [3.05, 3.63) is 93.8 Å². The van der Waals surface area contributed by atoms with Gasteiger partial charge in [0.15, 0.2) is 5.78 Å². The second-order valence-electron chi connectivity index (χ2n) is 10.3. The molecule has 0 spiro atoms. The number of rotatable bonds is 6. The highest BCUT2D eigenvalue weighted by Gasteiger charge is 2.38. The summed E-state index contributed by atoms with van der Waals surface area (Å²) in [5.41, 5.74) is 5.15. The SMILES string of the molecule is CCC(=O)C=C1COc2cc(OC3CCc4c3ccc(C(F)(F)F)c4CN3CCc4ncccc4C3)ccc21. The molecule has 3 heterocycles. The van der Waals surface area contributed by atoms with Gasteiger partial charge in [0.1, 0.15) is 24.2 Å². The number of hydrogen-bond donors (Lipinski definition) is 0. The number of alkyl halides is 3. The molecule has 5 nitrogen and oxygen atoms in total. The molecule has 1 atom stereocenters. The van der Waals surface area contributed by atoms with Crippen LogP contribution >= 0.6 is 0 Å². The summed E-state index contributed by atoms with van der Waals surface area (Å²) in [5.74, 6) is 1.29. The average Bonchev–Trinajstić information content (AvgIpc) is 3.52. The second kappa shape index (κ2) is 10.2. The first-order valence-corrected chi connectivity index (χ1v) is 13.3. The molecule has 2 aliphatic heterocycles. The number of carbonyl (C=O) groups is 1. The predicted molar refractivity (Wildman–Crippen MR) is 140 cm³/mol. The first-order chi connectivity index (χ1) is 18.8. The van der Waals surface area contributed by atoms with Crippen LogP contribution < -0.4 is 9.47 Å². The van der Waals surface area contributed by atoms with Gasteiger partial charge in [0.25, 0.3) is 0 Å². The van der Waals surface area contributed by atoms with Gasteiger partial charge in [-0.05, 0) is 65.4 Å². The summed E-state index contributed by atoms with van der Waals surface area (Å²) in [7, 11) is 0. The van der Waals surface area contributed by atoms with Crippen molar-refractivity contribution in [1.29, 1.82) is 0 Å². The first kappa shape index (κ1) is 25.6. The summed E-state index contributed by atoms with van der Waals surface area (Å²) in [6.07, 6.45) is 0.893. The third-order valence-electron chi connectivity index (χ3n) is 7.85. The van der Waals surface area contributed by atoms with Crippen molar-refractivity contribution in [2.75, 3.05) is 13.2 Å². The zero-order valence-electron chi connectivity index (χ0n) is 21.7. The van der Waals surface area contributed by atoms with Gasteiger partial charge in [0, 0.05) is 61.6 Å². The Kier molecular flexibility index (Phi) is 6.67. The topological polar surface area (TPSA) is 51.7 Å². The maximum atomic E-state index is 14.1. The van der Waals surface area contributed by atoms with E-state index in [-0.39, 0.29) is 18.4 Å². The highest BCUT2D eigenvalue weighted by molar-refractivity contribution is 5.98. The Morgan fingerprint density at radius 3 is 2.90 bits per heavy atom. The van der Waals surface area contributed by atoms with E-state index in [9.17, 15) is 18.0 Å². The van der Waals surface area contributed by atoms with E-state index in [4.69, 9.17) is 9.47 Å². The van der Waals surface area contributed by atoms with Crippen LogP contribution in [0.25, 0.3) is 5.57 Å². The van der Waals surface area contributed by atoms with Gasteiger partial charge in [-0.25, -0.2) is 0 Å². The molecular formula is C31H29F3N2O3. The van der Waals surface area contributed by atoms with Crippen LogP contribution in [-0.4, -0.2) is 28.8 Å². The highest BCUT2D eigenvalue weighted by atomic mass is 19.4. The quantitative estimate of drug-likeness (QED) is 0.339. The Hall–Kier alpha value is -3.65. The monoisotopic (exact) mass is 534 g/mol. The van der Waals surface area contributed by atoms with Crippen molar-refractivity contribution in [3.63, 3.8) is 0 Å². The number of carbonyl (C=O) groups excluding carboxylic acids is 1. The average molecular weight is 535 g/mol. The van der Waals surface area contributed by atoms with Crippen LogP contribution in [-0.2, 0) is 36.9 Å². The summed E-state index contributed by atoms with van der Waals surface area (Å²) < 4.78 is 54.4. The van der Waals surface area contributed by atoms with Gasteiger partial charge in [0.05, 0.1) is 5.56 Å². The van der Waals surface area contributed by atoms with Gasteiger partial charge in [-0.15, -0.1) is 0 Å². The summed E-state index contributed by atoms with van der Waals surface area (Å²) in [5, 5.41) is 0. The number of allylic oxidation sites excluding steroid dienone is 1. The number of aromatic nitrogens is 1. The summed E-state index contributed by atoms with van der Waals surface area (Å²) >= 11 is 0. The fraction of sp³-hybridized carbons (Fsp3) is 0.355. The fourth-order valence-corrected chi connectivity index (χ4v) is 5.86. The second-order valence-corrected chi connectivity index (χ2v) is 10.3. The zero-order valence-corrected chi connectivity index (χ0v) is 21.7. The number of halogens is 3. The van der Waals surface area contributed by atoms with Gasteiger partial charge in [0.2, 0.25) is 0 Å². The number of benzene rings is 2. The Bertz CT molecular complexity index is 1460. The minimum atomic E-state index is -4.43. The largest absolute Gasteiger partial charge is 0.488 e. The van der Waals surface area contributed by atoms with Crippen LogP contribution in [0.4, 0.5) is 13.2 Å². The third kappa shape index (κ3) is 5.05. The van der Waals surface area contributed by atoms with E-state index in [1.54, 1.807) is 24.4 Å². The molecule has 1 aromatic heterocycles. The third-order valence-corrected chi connectivity index (χ3v) is 7.85. The van der Waals surface area contributed by atoms with E-state index in [0.29, 0.717) is 56.0 Å². The minimum Gasteiger partial charge on any atom is -0.488 e. The molecule has 1 aliphatic carbocycles. The Labute approximate surface area is 225 Å². The highest BCUT2D eigenvalue weighted by Crippen LogP contribution is 2.44. The predicted octanol–water partition coefficient (Wildman–Crippen LogP) is 6.48. The lowest BCUT2D eigenvalue weighted by Crippen LogP contribution is -2.32. The molecule has 3 aromatic rings. The molecular weight excluding hydrogens is 505 g/mol. The van der Waals surface area contributed by atoms with E-state index in [1.807, 2.05) is 31.2 Å². The van der Waals surface area contributed by atoms with Crippen molar-refractivity contribution < 1.29 is 27.4 Å². The van der Waals surface area contributed by atoms with Crippen molar-refractivity contribution >= 4 is 11.4 Å². The molecule has 8 heteroatoms. The van der Waals surface area contributed by atoms with Crippen molar-refractivity contribution in [2.45, 2.75) is 58.0 Å². The molecule has 6 rings (SSSR count). The smallest absolute Gasteiger partial charge is 0.416 e. The molecule has 0 N–H and O–H groups in total. The lowest BCUT2D eigenvalue weighted by Gasteiger charge is -2.30. The molecule has 0 saturated carbocycles. The van der Waals surface area contributed by atoms with Crippen LogP contribution in [0, 0.1) is 0 Å². The molecule has 0 fully saturated rings. The summed E-state index contributed by atoms with van der Waals surface area (Å²) in [6.45, 7) is 3.63. The van der Waals surface area contributed by atoms with Crippen LogP contribution in [0.1, 0.15) is 64.9 Å². The van der Waals surface area contributed by atoms with Gasteiger partial charge >= 0.3 is 6.18 Å². The number of fused-ring (bicyclic) bond motifs is 3. The van der Waals surface area contributed by atoms with Gasteiger partial charge in [-0.1, -0.05) is 19.1 Å². The van der Waals surface area contributed by atoms with E-state index in [1.165, 1.54) is 6.07 Å².